The molecule has 12 heavy (non-hydrogen) atoms. The first-order valence-corrected chi connectivity index (χ1v) is 4.39. The van der Waals surface area contributed by atoms with Crippen molar-refractivity contribution in [3.8, 4) is 5.75 Å². The predicted octanol–water partition coefficient (Wildman–Crippen LogP) is 1.60. The molecule has 0 aliphatic heterocycles. The van der Waals surface area contributed by atoms with E-state index in [4.69, 9.17) is 9.84 Å². The molecule has 0 saturated heterocycles. The zero-order valence-electron chi connectivity index (χ0n) is 6.70. The highest BCUT2D eigenvalue weighted by molar-refractivity contribution is 9.10. The molecule has 0 fully saturated rings. The highest BCUT2D eigenvalue weighted by atomic mass is 79.9. The number of halogens is 1. The molecule has 0 radical (unpaired) electrons. The molecule has 0 aliphatic rings. The molecule has 1 aromatic rings. The number of rotatable bonds is 3. The summed E-state index contributed by atoms with van der Waals surface area (Å²) in [6, 6.07) is 1.80. The van der Waals surface area contributed by atoms with Crippen LogP contribution in [0.3, 0.4) is 0 Å². The second kappa shape index (κ2) is 4.42. The van der Waals surface area contributed by atoms with E-state index >= 15 is 0 Å². The average molecular weight is 232 g/mol. The van der Waals surface area contributed by atoms with Crippen LogP contribution in [0.25, 0.3) is 0 Å². The number of hydrogen-bond acceptors (Lipinski definition) is 3. The van der Waals surface area contributed by atoms with Crippen molar-refractivity contribution in [2.24, 2.45) is 0 Å². The Morgan fingerprint density at radius 2 is 2.42 bits per heavy atom. The second-order valence-electron chi connectivity index (χ2n) is 2.50. The number of aliphatic hydroxyl groups excluding tert-OH is 1. The Morgan fingerprint density at radius 1 is 1.67 bits per heavy atom. The van der Waals surface area contributed by atoms with Crippen LogP contribution in [0.5, 0.6) is 5.75 Å². The number of pyridine rings is 1. The fourth-order valence-electron chi connectivity index (χ4n) is 0.688. The van der Waals surface area contributed by atoms with E-state index in [9.17, 15) is 0 Å². The van der Waals surface area contributed by atoms with Crippen molar-refractivity contribution < 1.29 is 9.84 Å². The van der Waals surface area contributed by atoms with Crippen LogP contribution in [0.4, 0.5) is 0 Å². The first-order chi connectivity index (χ1) is 5.68. The van der Waals surface area contributed by atoms with Gasteiger partial charge in [0.05, 0.1) is 12.3 Å². The maximum atomic E-state index is 8.93. The van der Waals surface area contributed by atoms with Gasteiger partial charge in [-0.15, -0.1) is 0 Å². The highest BCUT2D eigenvalue weighted by Crippen LogP contribution is 2.15. The van der Waals surface area contributed by atoms with Gasteiger partial charge in [0.2, 0.25) is 0 Å². The molecule has 0 aromatic carbocycles. The van der Waals surface area contributed by atoms with E-state index in [0.717, 1.165) is 4.47 Å². The lowest BCUT2D eigenvalue weighted by molar-refractivity contribution is 0.122. The van der Waals surface area contributed by atoms with E-state index < -0.39 is 6.10 Å². The molecule has 66 valence electrons. The predicted molar refractivity (Wildman–Crippen MR) is 49.1 cm³/mol. The lowest BCUT2D eigenvalue weighted by atomic mass is 10.4. The maximum Gasteiger partial charge on any atom is 0.138 e. The van der Waals surface area contributed by atoms with Crippen LogP contribution in [-0.4, -0.2) is 22.8 Å². The van der Waals surface area contributed by atoms with Crippen molar-refractivity contribution in [3.05, 3.63) is 22.9 Å². The Hall–Kier alpha value is -0.610. The molecule has 1 N–H and O–H groups in total. The van der Waals surface area contributed by atoms with Gasteiger partial charge >= 0.3 is 0 Å². The monoisotopic (exact) mass is 231 g/mol. The number of aromatic nitrogens is 1. The quantitative estimate of drug-likeness (QED) is 0.860. The van der Waals surface area contributed by atoms with E-state index in [1.54, 1.807) is 25.4 Å². The van der Waals surface area contributed by atoms with E-state index in [1.807, 2.05) is 0 Å². The Balaban J connectivity index is 2.52. The summed E-state index contributed by atoms with van der Waals surface area (Å²) in [5.41, 5.74) is 0. The van der Waals surface area contributed by atoms with Crippen LogP contribution in [-0.2, 0) is 0 Å². The molecule has 4 heteroatoms. The van der Waals surface area contributed by atoms with Crippen LogP contribution in [0.15, 0.2) is 22.9 Å². The molecule has 1 heterocycles. The zero-order chi connectivity index (χ0) is 8.97. The van der Waals surface area contributed by atoms with Gasteiger partial charge in [-0.3, -0.25) is 4.98 Å². The van der Waals surface area contributed by atoms with Crippen molar-refractivity contribution in [2.45, 2.75) is 13.0 Å². The largest absolute Gasteiger partial charge is 0.489 e. The van der Waals surface area contributed by atoms with Crippen molar-refractivity contribution in [2.75, 3.05) is 6.61 Å². The van der Waals surface area contributed by atoms with Crippen LogP contribution in [0.1, 0.15) is 6.92 Å². The standard InChI is InChI=1S/C8H10BrNO2/c1-6(11)5-12-8-2-7(9)3-10-4-8/h2-4,6,11H,5H2,1H3/t6-/m0/s1. The van der Waals surface area contributed by atoms with Crippen LogP contribution in [0, 0.1) is 0 Å². The van der Waals surface area contributed by atoms with Gasteiger partial charge in [0.15, 0.2) is 0 Å². The van der Waals surface area contributed by atoms with E-state index in [-0.39, 0.29) is 6.61 Å². The van der Waals surface area contributed by atoms with E-state index in [1.165, 1.54) is 0 Å². The number of nitrogens with zero attached hydrogens (tertiary/aromatic N) is 1. The Morgan fingerprint density at radius 3 is 3.00 bits per heavy atom. The summed E-state index contributed by atoms with van der Waals surface area (Å²) in [7, 11) is 0. The number of hydrogen-bond donors (Lipinski definition) is 1. The van der Waals surface area contributed by atoms with Crippen molar-refractivity contribution in [3.63, 3.8) is 0 Å². The van der Waals surface area contributed by atoms with Gasteiger partial charge in [0.1, 0.15) is 12.4 Å². The SMILES string of the molecule is C[C@H](O)COc1cncc(Br)c1. The fraction of sp³-hybridized carbons (Fsp3) is 0.375. The topological polar surface area (TPSA) is 42.4 Å². The summed E-state index contributed by atoms with van der Waals surface area (Å²) in [4.78, 5) is 3.91. The van der Waals surface area contributed by atoms with Crippen LogP contribution >= 0.6 is 15.9 Å². The van der Waals surface area contributed by atoms with E-state index in [2.05, 4.69) is 20.9 Å². The van der Waals surface area contributed by atoms with Crippen LogP contribution in [0.2, 0.25) is 0 Å². The Kier molecular flexibility index (Phi) is 3.49. The molecule has 0 aliphatic carbocycles. The molecule has 1 aromatic heterocycles. The van der Waals surface area contributed by atoms with Gasteiger partial charge in [-0.1, -0.05) is 0 Å². The first kappa shape index (κ1) is 9.48. The van der Waals surface area contributed by atoms with Gasteiger partial charge in [-0.05, 0) is 28.9 Å². The minimum Gasteiger partial charge on any atom is -0.489 e. The van der Waals surface area contributed by atoms with E-state index in [0.29, 0.717) is 5.75 Å². The Bertz CT molecular complexity index is 253. The summed E-state index contributed by atoms with van der Waals surface area (Å²) in [5, 5.41) is 8.93. The highest BCUT2D eigenvalue weighted by Gasteiger charge is 1.98. The minimum absolute atomic E-state index is 0.290. The molecule has 0 saturated carbocycles. The summed E-state index contributed by atoms with van der Waals surface area (Å²) in [6.45, 7) is 1.96. The third-order valence-corrected chi connectivity index (χ3v) is 1.60. The smallest absolute Gasteiger partial charge is 0.138 e. The maximum absolute atomic E-state index is 8.93. The molecule has 0 spiro atoms. The zero-order valence-corrected chi connectivity index (χ0v) is 8.28. The third kappa shape index (κ3) is 3.19. The van der Waals surface area contributed by atoms with Crippen molar-refractivity contribution in [1.29, 1.82) is 0 Å². The number of ether oxygens (including phenoxy) is 1. The minimum atomic E-state index is -0.455. The molecule has 0 unspecified atom stereocenters. The lowest BCUT2D eigenvalue weighted by Gasteiger charge is -2.07. The third-order valence-electron chi connectivity index (χ3n) is 1.17. The summed E-state index contributed by atoms with van der Waals surface area (Å²) < 4.78 is 6.07. The molecule has 0 amide bonds. The molecule has 3 nitrogen and oxygen atoms in total. The van der Waals surface area contributed by atoms with Gasteiger partial charge in [-0.25, -0.2) is 0 Å². The van der Waals surface area contributed by atoms with Crippen LogP contribution < -0.4 is 4.74 Å². The summed E-state index contributed by atoms with van der Waals surface area (Å²) in [5.74, 6) is 0.658. The van der Waals surface area contributed by atoms with Gasteiger partial charge < -0.3 is 9.84 Å². The first-order valence-electron chi connectivity index (χ1n) is 3.60. The Labute approximate surface area is 79.5 Å². The second-order valence-corrected chi connectivity index (χ2v) is 3.41. The van der Waals surface area contributed by atoms with Gasteiger partial charge in [0.25, 0.3) is 0 Å². The van der Waals surface area contributed by atoms with Crippen molar-refractivity contribution >= 4 is 15.9 Å². The van der Waals surface area contributed by atoms with Gasteiger partial charge in [0, 0.05) is 10.7 Å². The summed E-state index contributed by atoms with van der Waals surface area (Å²) in [6.07, 6.45) is 2.83. The molecule has 0 bridgehead atoms. The molecular formula is C8H10BrNO2. The normalized spacial score (nSPS) is 12.6. The lowest BCUT2D eigenvalue weighted by Crippen LogP contribution is -2.12. The van der Waals surface area contributed by atoms with Crippen molar-refractivity contribution in [1.82, 2.24) is 4.98 Å². The average Bonchev–Trinajstić information content (AvgIpc) is 2.01. The summed E-state index contributed by atoms with van der Waals surface area (Å²) >= 11 is 3.26. The molecular weight excluding hydrogens is 222 g/mol. The fourth-order valence-corrected chi connectivity index (χ4v) is 1.03. The van der Waals surface area contributed by atoms with Gasteiger partial charge in [-0.2, -0.15) is 0 Å². The molecule has 1 rings (SSSR count). The number of aliphatic hydroxyl groups is 1. The molecule has 1 atom stereocenters.